The minimum absolute atomic E-state index is 0.184. The van der Waals surface area contributed by atoms with E-state index >= 15 is 0 Å². The zero-order chi connectivity index (χ0) is 9.56. The number of carboxylic acids is 1. The standard InChI is InChI=1S/C7H14N2O2S/c1-9(2)7(12)8-5-3-4-6(10)11/h3-5H2,1-2H3,(H,8,12)(H,10,11). The average Bonchev–Trinajstić information content (AvgIpc) is 1.97. The lowest BCUT2D eigenvalue weighted by atomic mass is 10.3. The number of thiocarbonyl (C=S) groups is 1. The highest BCUT2D eigenvalue weighted by Crippen LogP contribution is 1.87. The van der Waals surface area contributed by atoms with Gasteiger partial charge in [0.2, 0.25) is 0 Å². The molecule has 5 heteroatoms. The Bertz CT molecular complexity index is 171. The van der Waals surface area contributed by atoms with E-state index in [-0.39, 0.29) is 6.42 Å². The summed E-state index contributed by atoms with van der Waals surface area (Å²) in [5.74, 6) is -0.771. The summed E-state index contributed by atoms with van der Waals surface area (Å²) in [5, 5.41) is 11.9. The first-order chi connectivity index (χ1) is 5.54. The summed E-state index contributed by atoms with van der Waals surface area (Å²) in [4.78, 5) is 11.9. The largest absolute Gasteiger partial charge is 0.481 e. The maximum atomic E-state index is 10.1. The maximum Gasteiger partial charge on any atom is 0.303 e. The normalized spacial score (nSPS) is 9.17. The Morgan fingerprint density at radius 2 is 2.17 bits per heavy atom. The van der Waals surface area contributed by atoms with Crippen molar-refractivity contribution in [2.24, 2.45) is 0 Å². The first-order valence-electron chi connectivity index (χ1n) is 3.71. The first-order valence-corrected chi connectivity index (χ1v) is 4.12. The Morgan fingerprint density at radius 1 is 1.58 bits per heavy atom. The van der Waals surface area contributed by atoms with Crippen LogP contribution in [-0.4, -0.2) is 41.7 Å². The molecule has 0 aliphatic carbocycles. The second-order valence-corrected chi connectivity index (χ2v) is 3.01. The molecule has 0 bridgehead atoms. The third-order valence-corrected chi connectivity index (χ3v) is 1.76. The SMILES string of the molecule is CN(C)C(=S)NCCCC(=O)O. The number of hydrogen-bond acceptors (Lipinski definition) is 2. The molecular weight excluding hydrogens is 176 g/mol. The highest BCUT2D eigenvalue weighted by atomic mass is 32.1. The van der Waals surface area contributed by atoms with Crippen LogP contribution < -0.4 is 5.32 Å². The van der Waals surface area contributed by atoms with Crippen molar-refractivity contribution in [1.82, 2.24) is 10.2 Å². The molecule has 0 aromatic rings. The summed E-state index contributed by atoms with van der Waals surface area (Å²) in [7, 11) is 3.68. The van der Waals surface area contributed by atoms with Gasteiger partial charge in [0.15, 0.2) is 5.11 Å². The van der Waals surface area contributed by atoms with Crippen LogP contribution in [0.5, 0.6) is 0 Å². The van der Waals surface area contributed by atoms with Crippen LogP contribution in [0.15, 0.2) is 0 Å². The quantitative estimate of drug-likeness (QED) is 0.493. The molecular formula is C7H14N2O2S. The number of nitrogens with one attached hydrogen (secondary N) is 1. The van der Waals surface area contributed by atoms with Crippen LogP contribution in [0, 0.1) is 0 Å². The summed E-state index contributed by atoms with van der Waals surface area (Å²) in [5.41, 5.74) is 0. The summed E-state index contributed by atoms with van der Waals surface area (Å²) in [6.07, 6.45) is 0.784. The van der Waals surface area contributed by atoms with Crippen molar-refractivity contribution in [2.45, 2.75) is 12.8 Å². The number of aliphatic carboxylic acids is 1. The van der Waals surface area contributed by atoms with Gasteiger partial charge in [-0.25, -0.2) is 0 Å². The molecule has 0 saturated heterocycles. The highest BCUT2D eigenvalue weighted by molar-refractivity contribution is 7.80. The molecule has 2 N–H and O–H groups in total. The summed E-state index contributed by atoms with van der Waals surface area (Å²) in [6, 6.07) is 0. The number of rotatable bonds is 4. The summed E-state index contributed by atoms with van der Waals surface area (Å²) >= 11 is 4.92. The third kappa shape index (κ3) is 5.91. The number of hydrogen-bond donors (Lipinski definition) is 2. The molecule has 0 aromatic carbocycles. The molecule has 0 heterocycles. The predicted molar refractivity (Wildman–Crippen MR) is 51.2 cm³/mol. The van der Waals surface area contributed by atoms with Crippen LogP contribution >= 0.6 is 12.2 Å². The van der Waals surface area contributed by atoms with E-state index in [1.165, 1.54) is 0 Å². The Balaban J connectivity index is 3.32. The van der Waals surface area contributed by atoms with Gasteiger partial charge in [-0.3, -0.25) is 4.79 Å². The van der Waals surface area contributed by atoms with E-state index in [1.54, 1.807) is 4.90 Å². The second-order valence-electron chi connectivity index (χ2n) is 2.62. The van der Waals surface area contributed by atoms with Gasteiger partial charge in [0.25, 0.3) is 0 Å². The van der Waals surface area contributed by atoms with Crippen molar-refractivity contribution in [3.05, 3.63) is 0 Å². The van der Waals surface area contributed by atoms with Gasteiger partial charge < -0.3 is 15.3 Å². The zero-order valence-corrected chi connectivity index (χ0v) is 8.15. The van der Waals surface area contributed by atoms with E-state index in [4.69, 9.17) is 17.3 Å². The molecule has 0 spiro atoms. The van der Waals surface area contributed by atoms with E-state index in [2.05, 4.69) is 5.32 Å². The van der Waals surface area contributed by atoms with Gasteiger partial charge in [-0.2, -0.15) is 0 Å². The lowest BCUT2D eigenvalue weighted by molar-refractivity contribution is -0.137. The molecule has 0 rings (SSSR count). The molecule has 70 valence electrons. The Labute approximate surface area is 77.6 Å². The molecule has 0 aliphatic rings. The van der Waals surface area contributed by atoms with Crippen molar-refractivity contribution < 1.29 is 9.90 Å². The number of carboxylic acid groups (broad SMARTS) is 1. The van der Waals surface area contributed by atoms with E-state index in [9.17, 15) is 4.79 Å². The molecule has 12 heavy (non-hydrogen) atoms. The molecule has 0 aromatic heterocycles. The highest BCUT2D eigenvalue weighted by Gasteiger charge is 1.98. The fourth-order valence-corrected chi connectivity index (χ4v) is 0.695. The van der Waals surface area contributed by atoms with Gasteiger partial charge in [0.05, 0.1) is 0 Å². The zero-order valence-electron chi connectivity index (χ0n) is 7.33. The van der Waals surface area contributed by atoms with Crippen molar-refractivity contribution in [1.29, 1.82) is 0 Å². The minimum atomic E-state index is -0.771. The Hall–Kier alpha value is -0.840. The molecule has 0 unspecified atom stereocenters. The molecule has 0 aliphatic heterocycles. The van der Waals surface area contributed by atoms with E-state index in [0.717, 1.165) is 0 Å². The van der Waals surface area contributed by atoms with Crippen LogP contribution in [0.2, 0.25) is 0 Å². The molecule has 0 fully saturated rings. The maximum absolute atomic E-state index is 10.1. The van der Waals surface area contributed by atoms with Gasteiger partial charge >= 0.3 is 5.97 Å². The molecule has 0 atom stereocenters. The van der Waals surface area contributed by atoms with Crippen molar-refractivity contribution in [2.75, 3.05) is 20.6 Å². The van der Waals surface area contributed by atoms with Crippen LogP contribution in [0.4, 0.5) is 0 Å². The van der Waals surface area contributed by atoms with Gasteiger partial charge in [0.1, 0.15) is 0 Å². The van der Waals surface area contributed by atoms with Gasteiger partial charge in [-0.15, -0.1) is 0 Å². The third-order valence-electron chi connectivity index (χ3n) is 1.25. The average molecular weight is 190 g/mol. The first kappa shape index (κ1) is 11.2. The number of nitrogens with zero attached hydrogens (tertiary/aromatic N) is 1. The lowest BCUT2D eigenvalue weighted by Gasteiger charge is -2.14. The van der Waals surface area contributed by atoms with Crippen LogP contribution in [0.1, 0.15) is 12.8 Å². The van der Waals surface area contributed by atoms with Crippen molar-refractivity contribution in [3.8, 4) is 0 Å². The van der Waals surface area contributed by atoms with Crippen LogP contribution in [-0.2, 0) is 4.79 Å². The molecule has 0 saturated carbocycles. The summed E-state index contributed by atoms with van der Waals surface area (Å²) in [6.45, 7) is 0.614. The summed E-state index contributed by atoms with van der Waals surface area (Å²) < 4.78 is 0. The number of carbonyl (C=O) groups is 1. The second kappa shape index (κ2) is 5.77. The Kier molecular flexibility index (Phi) is 5.36. The molecule has 4 nitrogen and oxygen atoms in total. The van der Waals surface area contributed by atoms with Crippen LogP contribution in [0.3, 0.4) is 0 Å². The van der Waals surface area contributed by atoms with Crippen molar-refractivity contribution in [3.63, 3.8) is 0 Å². The van der Waals surface area contributed by atoms with E-state index < -0.39 is 5.97 Å². The predicted octanol–water partition coefficient (Wildman–Crippen LogP) is 0.287. The fraction of sp³-hybridized carbons (Fsp3) is 0.714. The fourth-order valence-electron chi connectivity index (χ4n) is 0.593. The van der Waals surface area contributed by atoms with E-state index in [1.807, 2.05) is 14.1 Å². The monoisotopic (exact) mass is 190 g/mol. The van der Waals surface area contributed by atoms with Gasteiger partial charge in [0, 0.05) is 27.1 Å². The van der Waals surface area contributed by atoms with Gasteiger partial charge in [-0.1, -0.05) is 0 Å². The van der Waals surface area contributed by atoms with Crippen molar-refractivity contribution >= 4 is 23.3 Å². The van der Waals surface area contributed by atoms with Crippen LogP contribution in [0.25, 0.3) is 0 Å². The Morgan fingerprint density at radius 3 is 2.58 bits per heavy atom. The molecule has 0 radical (unpaired) electrons. The van der Waals surface area contributed by atoms with E-state index in [0.29, 0.717) is 18.1 Å². The minimum Gasteiger partial charge on any atom is -0.481 e. The van der Waals surface area contributed by atoms with Gasteiger partial charge in [-0.05, 0) is 18.6 Å². The molecule has 0 amide bonds. The smallest absolute Gasteiger partial charge is 0.303 e. The topological polar surface area (TPSA) is 52.6 Å². The lowest BCUT2D eigenvalue weighted by Crippen LogP contribution is -2.34.